The number of anilines is 1. The van der Waals surface area contributed by atoms with Gasteiger partial charge in [-0.25, -0.2) is 19.3 Å². The van der Waals surface area contributed by atoms with Gasteiger partial charge in [-0.1, -0.05) is 29.8 Å². The number of urea groups is 2. The molecule has 0 bridgehead atoms. The highest BCUT2D eigenvalue weighted by molar-refractivity contribution is 7.80. The Kier molecular flexibility index (Phi) is 5.81. The molecule has 2 aromatic rings. The maximum atomic E-state index is 12.6. The molecule has 0 aromatic heterocycles. The Morgan fingerprint density at radius 3 is 2.29 bits per heavy atom. The van der Waals surface area contributed by atoms with Crippen LogP contribution < -0.4 is 4.90 Å². The molecule has 7 nitrogen and oxygen atoms in total. The van der Waals surface area contributed by atoms with Gasteiger partial charge in [0.1, 0.15) is 6.61 Å². The summed E-state index contributed by atoms with van der Waals surface area (Å²) < 4.78 is 5.31. The van der Waals surface area contributed by atoms with Gasteiger partial charge in [-0.05, 0) is 30.3 Å². The molecule has 0 N–H and O–H groups in total. The Bertz CT molecular complexity index is 903. The third-order valence-electron chi connectivity index (χ3n) is 4.33. The summed E-state index contributed by atoms with van der Waals surface area (Å²) in [4.78, 5) is 41.0. The SMILES string of the molecule is CN1C(=O)N(c2ccc(Cl)c(COC(=O)c3ccccc3)c2)C(=O)N(C)C1S. The molecular formula is C19H18ClN3O4S. The van der Waals surface area contributed by atoms with E-state index in [1.807, 2.05) is 0 Å². The van der Waals surface area contributed by atoms with Crippen molar-refractivity contribution in [1.82, 2.24) is 9.80 Å². The molecule has 146 valence electrons. The zero-order valence-corrected chi connectivity index (χ0v) is 16.9. The zero-order chi connectivity index (χ0) is 20.4. The quantitative estimate of drug-likeness (QED) is 0.604. The van der Waals surface area contributed by atoms with Crippen LogP contribution in [0.4, 0.5) is 15.3 Å². The first kappa shape index (κ1) is 20.0. The lowest BCUT2D eigenvalue weighted by atomic mass is 10.2. The number of ether oxygens (including phenoxy) is 1. The van der Waals surface area contributed by atoms with Crippen molar-refractivity contribution in [3.8, 4) is 0 Å². The second-order valence-electron chi connectivity index (χ2n) is 6.19. The lowest BCUT2D eigenvalue weighted by Crippen LogP contribution is -2.62. The molecule has 0 atom stereocenters. The third kappa shape index (κ3) is 3.79. The van der Waals surface area contributed by atoms with Crippen LogP contribution in [0.2, 0.25) is 5.02 Å². The fourth-order valence-corrected chi connectivity index (χ4v) is 3.06. The van der Waals surface area contributed by atoms with Crippen LogP contribution in [0.5, 0.6) is 0 Å². The number of halogens is 1. The van der Waals surface area contributed by atoms with Crippen LogP contribution in [0.15, 0.2) is 48.5 Å². The summed E-state index contributed by atoms with van der Waals surface area (Å²) in [5.41, 5.74) is 0.556. The highest BCUT2D eigenvalue weighted by Crippen LogP contribution is 2.29. The summed E-state index contributed by atoms with van der Waals surface area (Å²) in [6.45, 7) is -0.0997. The number of esters is 1. The minimum Gasteiger partial charge on any atom is -0.457 e. The summed E-state index contributed by atoms with van der Waals surface area (Å²) in [6, 6.07) is 12.2. The first-order valence-corrected chi connectivity index (χ1v) is 9.23. The lowest BCUT2D eigenvalue weighted by Gasteiger charge is -2.41. The highest BCUT2D eigenvalue weighted by Gasteiger charge is 2.39. The van der Waals surface area contributed by atoms with E-state index >= 15 is 0 Å². The largest absolute Gasteiger partial charge is 0.457 e. The van der Waals surface area contributed by atoms with Crippen LogP contribution in [-0.4, -0.2) is 47.4 Å². The molecule has 1 heterocycles. The number of imide groups is 1. The Morgan fingerprint density at radius 1 is 1.07 bits per heavy atom. The van der Waals surface area contributed by atoms with Crippen molar-refractivity contribution >= 4 is 47.9 Å². The van der Waals surface area contributed by atoms with E-state index in [2.05, 4.69) is 12.6 Å². The van der Waals surface area contributed by atoms with Crippen molar-refractivity contribution in [3.63, 3.8) is 0 Å². The van der Waals surface area contributed by atoms with Gasteiger partial charge >= 0.3 is 18.0 Å². The molecule has 0 unspecified atom stereocenters. The minimum absolute atomic E-state index is 0.0997. The van der Waals surface area contributed by atoms with Gasteiger partial charge in [0, 0.05) is 24.7 Å². The maximum Gasteiger partial charge on any atom is 0.338 e. The van der Waals surface area contributed by atoms with E-state index in [9.17, 15) is 14.4 Å². The first-order valence-electron chi connectivity index (χ1n) is 8.33. The van der Waals surface area contributed by atoms with E-state index in [0.29, 0.717) is 21.8 Å². The van der Waals surface area contributed by atoms with E-state index in [1.165, 1.54) is 9.80 Å². The average molecular weight is 420 g/mol. The van der Waals surface area contributed by atoms with Crippen LogP contribution in [0.1, 0.15) is 15.9 Å². The Labute approximate surface area is 172 Å². The number of rotatable bonds is 4. The summed E-state index contributed by atoms with van der Waals surface area (Å²) in [7, 11) is 3.10. The molecule has 1 aliphatic rings. The normalized spacial score (nSPS) is 15.2. The molecule has 0 radical (unpaired) electrons. The van der Waals surface area contributed by atoms with Gasteiger partial charge in [-0.15, -0.1) is 12.6 Å². The maximum absolute atomic E-state index is 12.6. The molecule has 1 fully saturated rings. The molecule has 4 amide bonds. The second kappa shape index (κ2) is 8.12. The Balaban J connectivity index is 1.82. The second-order valence-corrected chi connectivity index (χ2v) is 7.06. The molecule has 9 heteroatoms. The molecule has 28 heavy (non-hydrogen) atoms. The summed E-state index contributed by atoms with van der Waals surface area (Å²) in [6.07, 6.45) is 0. The van der Waals surface area contributed by atoms with E-state index in [0.717, 1.165) is 4.90 Å². The number of carbonyl (C=O) groups is 3. The molecule has 3 rings (SSSR count). The number of carbonyl (C=O) groups excluding carboxylic acids is 3. The predicted octanol–water partition coefficient (Wildman–Crippen LogP) is 3.83. The van der Waals surface area contributed by atoms with E-state index in [1.54, 1.807) is 62.6 Å². The lowest BCUT2D eigenvalue weighted by molar-refractivity contribution is 0.0472. The van der Waals surface area contributed by atoms with E-state index < -0.39 is 23.5 Å². The van der Waals surface area contributed by atoms with Gasteiger partial charge in [0.2, 0.25) is 0 Å². The third-order valence-corrected chi connectivity index (χ3v) is 5.40. The number of hydrogen-bond donors (Lipinski definition) is 1. The topological polar surface area (TPSA) is 70.2 Å². The standard InChI is InChI=1S/C19H18ClN3O4S/c1-21-17(25)23(18(26)22(2)19(21)28)14-8-9-15(20)13(10-14)11-27-16(24)12-6-4-3-5-7-12/h3-10,19,28H,11H2,1-2H3. The van der Waals surface area contributed by atoms with Crippen molar-refractivity contribution in [2.75, 3.05) is 19.0 Å². The number of nitrogens with zero attached hydrogens (tertiary/aromatic N) is 3. The summed E-state index contributed by atoms with van der Waals surface area (Å²) in [5, 5.41) is 0.357. The molecule has 2 aromatic carbocycles. The number of thiol groups is 1. The molecule has 0 aliphatic carbocycles. The predicted molar refractivity (Wildman–Crippen MR) is 109 cm³/mol. The van der Waals surface area contributed by atoms with E-state index in [4.69, 9.17) is 16.3 Å². The van der Waals surface area contributed by atoms with Crippen molar-refractivity contribution in [1.29, 1.82) is 0 Å². The van der Waals surface area contributed by atoms with Crippen LogP contribution in [0.25, 0.3) is 0 Å². The molecule has 1 saturated heterocycles. The van der Waals surface area contributed by atoms with Crippen LogP contribution >= 0.6 is 24.2 Å². The molecule has 0 spiro atoms. The zero-order valence-electron chi connectivity index (χ0n) is 15.2. The average Bonchev–Trinajstić information content (AvgIpc) is 2.71. The van der Waals surface area contributed by atoms with Crippen molar-refractivity contribution in [2.24, 2.45) is 0 Å². The van der Waals surface area contributed by atoms with Gasteiger partial charge in [0.25, 0.3) is 0 Å². The van der Waals surface area contributed by atoms with Crippen LogP contribution in [-0.2, 0) is 11.3 Å². The summed E-state index contributed by atoms with van der Waals surface area (Å²) >= 11 is 10.5. The minimum atomic E-state index is -0.658. The van der Waals surface area contributed by atoms with Gasteiger partial charge in [0.05, 0.1) is 11.3 Å². The molecular weight excluding hydrogens is 402 g/mol. The number of amides is 4. The van der Waals surface area contributed by atoms with Gasteiger partial charge in [0.15, 0.2) is 5.50 Å². The van der Waals surface area contributed by atoms with Crippen molar-refractivity contribution in [2.45, 2.75) is 12.1 Å². The molecule has 1 aliphatic heterocycles. The Morgan fingerprint density at radius 2 is 1.68 bits per heavy atom. The Hall–Kier alpha value is -2.71. The van der Waals surface area contributed by atoms with E-state index in [-0.39, 0.29) is 6.61 Å². The van der Waals surface area contributed by atoms with Gasteiger partial charge < -0.3 is 4.74 Å². The fraction of sp³-hybridized carbons (Fsp3) is 0.211. The van der Waals surface area contributed by atoms with Crippen LogP contribution in [0, 0.1) is 0 Å². The first-order chi connectivity index (χ1) is 13.3. The van der Waals surface area contributed by atoms with Gasteiger partial charge in [-0.2, -0.15) is 0 Å². The fourth-order valence-electron chi connectivity index (χ4n) is 2.69. The smallest absolute Gasteiger partial charge is 0.338 e. The van der Waals surface area contributed by atoms with Gasteiger partial charge in [-0.3, -0.25) is 9.80 Å². The number of benzene rings is 2. The molecule has 0 saturated carbocycles. The van der Waals surface area contributed by atoms with Crippen molar-refractivity contribution in [3.05, 3.63) is 64.7 Å². The van der Waals surface area contributed by atoms with Crippen LogP contribution in [0.3, 0.4) is 0 Å². The summed E-state index contributed by atoms with van der Waals surface area (Å²) in [5.74, 6) is -0.496. The van der Waals surface area contributed by atoms with Crippen molar-refractivity contribution < 1.29 is 19.1 Å². The monoisotopic (exact) mass is 419 g/mol. The highest BCUT2D eigenvalue weighted by atomic mass is 35.5. The number of hydrogen-bond acceptors (Lipinski definition) is 5.